The van der Waals surface area contributed by atoms with Gasteiger partial charge >= 0.3 is 0 Å². The maximum Gasteiger partial charge on any atom is 0.271 e. The molecule has 124 valence electrons. The van der Waals surface area contributed by atoms with Crippen molar-refractivity contribution in [1.82, 2.24) is 4.31 Å². The molecule has 2 rings (SSSR count). The monoisotopic (exact) mass is 369 g/mol. The number of nitrogens with zero attached hydrogens (tertiary/aromatic N) is 2. The summed E-state index contributed by atoms with van der Waals surface area (Å²) in [7, 11) is -3.77. The molecule has 1 fully saturated rings. The Balaban J connectivity index is 0.00000242. The Morgan fingerprint density at radius 3 is 2.59 bits per heavy atom. The third kappa shape index (κ3) is 3.52. The molecule has 1 atom stereocenters. The van der Waals surface area contributed by atoms with Crippen LogP contribution in [0.25, 0.3) is 0 Å². The van der Waals surface area contributed by atoms with Crippen LogP contribution in [0.3, 0.4) is 0 Å². The summed E-state index contributed by atoms with van der Waals surface area (Å²) in [5.41, 5.74) is 5.18. The summed E-state index contributed by atoms with van der Waals surface area (Å²) in [4.78, 5) is 9.93. The lowest BCUT2D eigenvalue weighted by molar-refractivity contribution is -0.384. The van der Waals surface area contributed by atoms with Crippen LogP contribution in [-0.4, -0.2) is 37.3 Å². The fraction of sp³-hybridized carbons (Fsp3) is 0.500. The summed E-state index contributed by atoms with van der Waals surface area (Å²) < 4.78 is 26.5. The van der Waals surface area contributed by atoms with Gasteiger partial charge in [-0.15, -0.1) is 12.4 Å². The fourth-order valence-corrected chi connectivity index (χ4v) is 4.41. The third-order valence-electron chi connectivity index (χ3n) is 3.76. The maximum atomic E-state index is 12.6. The number of sulfonamides is 1. The minimum atomic E-state index is -3.77. The molecule has 0 spiro atoms. The van der Waals surface area contributed by atoms with E-state index in [2.05, 4.69) is 0 Å². The van der Waals surface area contributed by atoms with Crippen molar-refractivity contribution >= 4 is 39.7 Å². The molecule has 0 bridgehead atoms. The van der Waals surface area contributed by atoms with Gasteiger partial charge in [-0.1, -0.05) is 18.5 Å². The lowest BCUT2D eigenvalue weighted by Gasteiger charge is -2.22. The van der Waals surface area contributed by atoms with Gasteiger partial charge in [-0.25, -0.2) is 8.42 Å². The van der Waals surface area contributed by atoms with Crippen molar-refractivity contribution in [3.8, 4) is 0 Å². The molecule has 1 aromatic carbocycles. The number of nitro benzene ring substituents is 1. The van der Waals surface area contributed by atoms with Gasteiger partial charge < -0.3 is 5.73 Å². The molecule has 0 radical (unpaired) electrons. The zero-order valence-electron chi connectivity index (χ0n) is 11.9. The number of nitrogens with two attached hydrogens (primary N) is 1. The van der Waals surface area contributed by atoms with Crippen molar-refractivity contribution in [3.63, 3.8) is 0 Å². The molecule has 0 amide bonds. The van der Waals surface area contributed by atoms with Gasteiger partial charge in [-0.2, -0.15) is 4.31 Å². The molecule has 22 heavy (non-hydrogen) atoms. The second-order valence-corrected chi connectivity index (χ2v) is 7.79. The van der Waals surface area contributed by atoms with Crippen molar-refractivity contribution in [2.24, 2.45) is 11.1 Å². The Bertz CT molecular complexity index is 683. The second kappa shape index (κ2) is 6.67. The molecule has 7 nitrogen and oxygen atoms in total. The van der Waals surface area contributed by atoms with Crippen LogP contribution in [0, 0.1) is 15.5 Å². The van der Waals surface area contributed by atoms with Crippen molar-refractivity contribution in [2.75, 3.05) is 19.6 Å². The van der Waals surface area contributed by atoms with Gasteiger partial charge in [-0.05, 0) is 24.4 Å². The molecule has 10 heteroatoms. The van der Waals surface area contributed by atoms with Gasteiger partial charge in [-0.3, -0.25) is 10.1 Å². The smallest absolute Gasteiger partial charge is 0.271 e. The predicted octanol–water partition coefficient (Wildman–Crippen LogP) is 2.03. The van der Waals surface area contributed by atoms with Crippen LogP contribution in [0.4, 0.5) is 5.69 Å². The van der Waals surface area contributed by atoms with E-state index >= 15 is 0 Å². The Morgan fingerprint density at radius 1 is 1.50 bits per heavy atom. The van der Waals surface area contributed by atoms with Crippen LogP contribution in [-0.2, 0) is 10.0 Å². The third-order valence-corrected chi connectivity index (χ3v) is 6.09. The molecular weight excluding hydrogens is 353 g/mol. The fourth-order valence-electron chi connectivity index (χ4n) is 2.30. The maximum absolute atomic E-state index is 12.6. The standard InChI is InChI=1S/C12H16ClN3O4S.ClH/c1-12(7-14)4-5-15(8-12)21(19,20)11-3-2-9(16(17)18)6-10(11)13;/h2-3,6H,4-5,7-8,14H2,1H3;1H. The Kier molecular flexibility index (Phi) is 5.80. The number of hydrogen-bond donors (Lipinski definition) is 1. The first-order valence-corrected chi connectivity index (χ1v) is 8.16. The number of nitro groups is 1. The molecule has 1 unspecified atom stereocenters. The van der Waals surface area contributed by atoms with Gasteiger partial charge in [0.05, 0.1) is 9.95 Å². The van der Waals surface area contributed by atoms with E-state index in [1.807, 2.05) is 6.92 Å². The van der Waals surface area contributed by atoms with E-state index in [9.17, 15) is 18.5 Å². The first-order chi connectivity index (χ1) is 9.69. The minimum Gasteiger partial charge on any atom is -0.330 e. The number of benzene rings is 1. The molecule has 2 N–H and O–H groups in total. The van der Waals surface area contributed by atoms with E-state index in [0.717, 1.165) is 12.1 Å². The molecule has 0 aromatic heterocycles. The summed E-state index contributed by atoms with van der Waals surface area (Å²) in [6.07, 6.45) is 0.674. The molecule has 1 saturated heterocycles. The Morgan fingerprint density at radius 2 is 2.14 bits per heavy atom. The van der Waals surface area contributed by atoms with Crippen molar-refractivity contribution in [3.05, 3.63) is 33.3 Å². The van der Waals surface area contributed by atoms with Crippen molar-refractivity contribution < 1.29 is 13.3 Å². The van der Waals surface area contributed by atoms with Crippen molar-refractivity contribution in [2.45, 2.75) is 18.2 Å². The molecular formula is C12H17Cl2N3O4S. The summed E-state index contributed by atoms with van der Waals surface area (Å²) in [6, 6.07) is 3.36. The van der Waals surface area contributed by atoms with E-state index in [1.54, 1.807) is 0 Å². The first-order valence-electron chi connectivity index (χ1n) is 6.34. The number of non-ortho nitro benzene ring substituents is 1. The summed E-state index contributed by atoms with van der Waals surface area (Å²) >= 11 is 5.91. The highest BCUT2D eigenvalue weighted by atomic mass is 35.5. The van der Waals surface area contributed by atoms with Gasteiger partial charge in [0, 0.05) is 25.2 Å². The zero-order valence-corrected chi connectivity index (χ0v) is 14.2. The average Bonchev–Trinajstić information content (AvgIpc) is 2.82. The second-order valence-electron chi connectivity index (χ2n) is 5.48. The van der Waals surface area contributed by atoms with Gasteiger partial charge in [0.25, 0.3) is 5.69 Å². The van der Waals surface area contributed by atoms with E-state index in [0.29, 0.717) is 26.1 Å². The number of rotatable bonds is 4. The lowest BCUT2D eigenvalue weighted by atomic mass is 9.90. The minimum absolute atomic E-state index is 0. The van der Waals surface area contributed by atoms with Crippen LogP contribution in [0.2, 0.25) is 5.02 Å². The molecule has 1 heterocycles. The average molecular weight is 370 g/mol. The van der Waals surface area contributed by atoms with E-state index in [4.69, 9.17) is 17.3 Å². The highest BCUT2D eigenvalue weighted by Crippen LogP contribution is 2.35. The Labute approximate surface area is 140 Å². The Hall–Kier alpha value is -0.930. The normalized spacial score (nSPS) is 22.3. The van der Waals surface area contributed by atoms with Crippen LogP contribution < -0.4 is 5.73 Å². The SMILES string of the molecule is CC1(CN)CCN(S(=O)(=O)c2ccc([N+](=O)[O-])cc2Cl)C1.Cl. The molecule has 0 saturated carbocycles. The number of halogens is 2. The predicted molar refractivity (Wildman–Crippen MR) is 85.9 cm³/mol. The first kappa shape index (κ1) is 19.1. The summed E-state index contributed by atoms with van der Waals surface area (Å²) in [6.45, 7) is 3.01. The van der Waals surface area contributed by atoms with Gasteiger partial charge in [0.2, 0.25) is 10.0 Å². The van der Waals surface area contributed by atoms with Crippen LogP contribution in [0.5, 0.6) is 0 Å². The summed E-state index contributed by atoms with van der Waals surface area (Å²) in [5.74, 6) is 0. The molecule has 1 aliphatic rings. The van der Waals surface area contributed by atoms with Gasteiger partial charge in [0.15, 0.2) is 0 Å². The van der Waals surface area contributed by atoms with E-state index in [1.165, 1.54) is 10.4 Å². The highest BCUT2D eigenvalue weighted by molar-refractivity contribution is 7.89. The van der Waals surface area contributed by atoms with Crippen LogP contribution in [0.15, 0.2) is 23.1 Å². The quantitative estimate of drug-likeness (QED) is 0.645. The van der Waals surface area contributed by atoms with Crippen LogP contribution in [0.1, 0.15) is 13.3 Å². The molecule has 1 aliphatic heterocycles. The summed E-state index contributed by atoms with van der Waals surface area (Å²) in [5, 5.41) is 10.5. The van der Waals surface area contributed by atoms with E-state index in [-0.39, 0.29) is 33.4 Å². The van der Waals surface area contributed by atoms with Crippen LogP contribution >= 0.6 is 24.0 Å². The zero-order chi connectivity index (χ0) is 15.8. The molecule has 0 aliphatic carbocycles. The molecule has 1 aromatic rings. The largest absolute Gasteiger partial charge is 0.330 e. The lowest BCUT2D eigenvalue weighted by Crippen LogP contribution is -2.34. The van der Waals surface area contributed by atoms with E-state index < -0.39 is 14.9 Å². The topological polar surface area (TPSA) is 107 Å². The van der Waals surface area contributed by atoms with Crippen molar-refractivity contribution in [1.29, 1.82) is 0 Å². The number of hydrogen-bond acceptors (Lipinski definition) is 5. The van der Waals surface area contributed by atoms with Gasteiger partial charge in [0.1, 0.15) is 4.90 Å². The highest BCUT2D eigenvalue weighted by Gasteiger charge is 2.39.